The van der Waals surface area contributed by atoms with E-state index in [9.17, 15) is 0 Å². The molecule has 1 aromatic rings. The van der Waals surface area contributed by atoms with Crippen LogP contribution in [0.2, 0.25) is 0 Å². The lowest BCUT2D eigenvalue weighted by atomic mass is 9.58. The van der Waals surface area contributed by atoms with E-state index >= 15 is 0 Å². The summed E-state index contributed by atoms with van der Waals surface area (Å²) in [5, 5.41) is 0. The van der Waals surface area contributed by atoms with Gasteiger partial charge >= 0.3 is 0 Å². The molecule has 1 aromatic heterocycles. The van der Waals surface area contributed by atoms with Crippen molar-refractivity contribution in [3.8, 4) is 0 Å². The summed E-state index contributed by atoms with van der Waals surface area (Å²) in [6.45, 7) is 5.45. The number of hydrogen-bond acceptors (Lipinski definition) is 3. The zero-order valence-electron chi connectivity index (χ0n) is 11.9. The van der Waals surface area contributed by atoms with Crippen LogP contribution in [0.25, 0.3) is 0 Å². The molecule has 0 spiro atoms. The number of aromatic nitrogens is 2. The van der Waals surface area contributed by atoms with Gasteiger partial charge in [0.15, 0.2) is 0 Å². The van der Waals surface area contributed by atoms with Gasteiger partial charge in [-0.15, -0.1) is 0 Å². The molecule has 0 unspecified atom stereocenters. The molecule has 0 aliphatic heterocycles. The topological polar surface area (TPSA) is 41.1 Å². The number of aromatic amines is 1. The Morgan fingerprint density at radius 1 is 1.50 bits per heavy atom. The molecule has 0 saturated heterocycles. The molecule has 4 nitrogen and oxygen atoms in total. The van der Waals surface area contributed by atoms with Gasteiger partial charge in [0.2, 0.25) is 0 Å². The van der Waals surface area contributed by atoms with Gasteiger partial charge in [-0.2, -0.15) is 0 Å². The van der Waals surface area contributed by atoms with Crippen molar-refractivity contribution in [2.45, 2.75) is 51.8 Å². The normalized spacial score (nSPS) is 26.3. The third-order valence-electron chi connectivity index (χ3n) is 4.83. The van der Waals surface area contributed by atoms with Crippen molar-refractivity contribution in [2.75, 3.05) is 14.2 Å². The summed E-state index contributed by atoms with van der Waals surface area (Å²) in [7, 11) is 4.03. The third kappa shape index (κ3) is 2.08. The standard InChI is InChI=1S/C14H25N3O/c1-5-14(6-2)11(9-12(14)18-4)17(3)10-13-15-7-8-16-13/h7-8,11-12H,5-6,9-10H2,1-4H3,(H,15,16)/t11-,12-/m0/s1. The molecule has 0 aromatic carbocycles. The number of hydrogen-bond donors (Lipinski definition) is 1. The molecule has 4 heteroatoms. The summed E-state index contributed by atoms with van der Waals surface area (Å²) in [6, 6.07) is 0.600. The average Bonchev–Trinajstić information content (AvgIpc) is 2.83. The Hall–Kier alpha value is -0.870. The molecule has 1 heterocycles. The third-order valence-corrected chi connectivity index (χ3v) is 4.83. The van der Waals surface area contributed by atoms with Crippen LogP contribution in [-0.4, -0.2) is 41.2 Å². The lowest BCUT2D eigenvalue weighted by Gasteiger charge is -2.58. The van der Waals surface area contributed by atoms with Gasteiger partial charge in [0, 0.05) is 31.0 Å². The lowest BCUT2D eigenvalue weighted by molar-refractivity contribution is -0.158. The van der Waals surface area contributed by atoms with Crippen LogP contribution in [0.4, 0.5) is 0 Å². The number of methoxy groups -OCH3 is 1. The highest BCUT2D eigenvalue weighted by atomic mass is 16.5. The Bertz CT molecular complexity index is 359. The number of imidazole rings is 1. The van der Waals surface area contributed by atoms with Gasteiger partial charge in [0.05, 0.1) is 12.6 Å². The van der Waals surface area contributed by atoms with E-state index in [-0.39, 0.29) is 0 Å². The molecule has 18 heavy (non-hydrogen) atoms. The Morgan fingerprint density at radius 2 is 2.22 bits per heavy atom. The fourth-order valence-electron chi connectivity index (χ4n) is 3.58. The molecule has 0 radical (unpaired) electrons. The van der Waals surface area contributed by atoms with Gasteiger partial charge < -0.3 is 9.72 Å². The zero-order chi connectivity index (χ0) is 13.2. The van der Waals surface area contributed by atoms with Crippen LogP contribution >= 0.6 is 0 Å². The van der Waals surface area contributed by atoms with Crippen LogP contribution in [0.15, 0.2) is 12.4 Å². The molecule has 1 N–H and O–H groups in total. The maximum atomic E-state index is 5.65. The number of nitrogens with zero attached hydrogens (tertiary/aromatic N) is 2. The van der Waals surface area contributed by atoms with Crippen molar-refractivity contribution in [3.05, 3.63) is 18.2 Å². The first-order valence-corrected chi connectivity index (χ1v) is 6.89. The number of H-pyrrole nitrogens is 1. The molecule has 2 atom stereocenters. The summed E-state index contributed by atoms with van der Waals surface area (Å²) in [6.07, 6.45) is 7.60. The molecule has 0 amide bonds. The molecule has 1 aliphatic carbocycles. The van der Waals surface area contributed by atoms with E-state index in [1.54, 1.807) is 0 Å². The smallest absolute Gasteiger partial charge is 0.120 e. The maximum absolute atomic E-state index is 5.65. The van der Waals surface area contributed by atoms with Crippen LogP contribution in [0.3, 0.4) is 0 Å². The second kappa shape index (κ2) is 5.41. The average molecular weight is 251 g/mol. The van der Waals surface area contributed by atoms with Crippen LogP contribution in [0, 0.1) is 5.41 Å². The van der Waals surface area contributed by atoms with E-state index in [1.807, 2.05) is 19.5 Å². The summed E-state index contributed by atoms with van der Waals surface area (Å²) < 4.78 is 5.65. The number of rotatable bonds is 6. The van der Waals surface area contributed by atoms with Crippen molar-refractivity contribution >= 4 is 0 Å². The summed E-state index contributed by atoms with van der Waals surface area (Å²) in [5.41, 5.74) is 0.316. The molecular formula is C14H25N3O. The van der Waals surface area contributed by atoms with Crippen molar-refractivity contribution < 1.29 is 4.74 Å². The van der Waals surface area contributed by atoms with Crippen molar-refractivity contribution in [2.24, 2.45) is 5.41 Å². The molecular weight excluding hydrogens is 226 g/mol. The minimum Gasteiger partial charge on any atom is -0.381 e. The number of ether oxygens (including phenoxy) is 1. The van der Waals surface area contributed by atoms with E-state index in [2.05, 4.69) is 35.8 Å². The quantitative estimate of drug-likeness (QED) is 0.844. The van der Waals surface area contributed by atoms with E-state index < -0.39 is 0 Å². The highest BCUT2D eigenvalue weighted by Gasteiger charge is 2.54. The first-order chi connectivity index (χ1) is 8.67. The Balaban J connectivity index is 2.04. The summed E-state index contributed by atoms with van der Waals surface area (Å²) in [5.74, 6) is 1.04. The van der Waals surface area contributed by atoms with E-state index in [1.165, 1.54) is 12.8 Å². The minimum absolute atomic E-state index is 0.316. The van der Waals surface area contributed by atoms with Gasteiger partial charge in [0.25, 0.3) is 0 Å². The lowest BCUT2D eigenvalue weighted by Crippen LogP contribution is -2.63. The molecule has 2 rings (SSSR count). The van der Waals surface area contributed by atoms with Crippen LogP contribution in [0.5, 0.6) is 0 Å². The van der Waals surface area contributed by atoms with Gasteiger partial charge in [-0.3, -0.25) is 4.90 Å². The molecule has 1 saturated carbocycles. The summed E-state index contributed by atoms with van der Waals surface area (Å²) in [4.78, 5) is 9.90. The van der Waals surface area contributed by atoms with Crippen LogP contribution in [-0.2, 0) is 11.3 Å². The van der Waals surface area contributed by atoms with Crippen molar-refractivity contribution in [1.82, 2.24) is 14.9 Å². The Labute approximate surface area is 110 Å². The highest BCUT2D eigenvalue weighted by molar-refractivity contribution is 5.07. The summed E-state index contributed by atoms with van der Waals surface area (Å²) >= 11 is 0. The molecule has 1 aliphatic rings. The largest absolute Gasteiger partial charge is 0.381 e. The highest BCUT2D eigenvalue weighted by Crippen LogP contribution is 2.50. The minimum atomic E-state index is 0.316. The van der Waals surface area contributed by atoms with Gasteiger partial charge in [0.1, 0.15) is 5.82 Å². The van der Waals surface area contributed by atoms with E-state index in [0.29, 0.717) is 17.6 Å². The Morgan fingerprint density at radius 3 is 2.72 bits per heavy atom. The molecule has 102 valence electrons. The predicted molar refractivity (Wildman–Crippen MR) is 72.3 cm³/mol. The SMILES string of the molecule is CCC1(CC)[C@@H](OC)C[C@@H]1N(C)Cc1ncc[nH]1. The maximum Gasteiger partial charge on any atom is 0.120 e. The second-order valence-electron chi connectivity index (χ2n) is 5.37. The molecule has 0 bridgehead atoms. The fourth-order valence-corrected chi connectivity index (χ4v) is 3.58. The van der Waals surface area contributed by atoms with Crippen molar-refractivity contribution in [3.63, 3.8) is 0 Å². The number of nitrogens with one attached hydrogen (secondary N) is 1. The first-order valence-electron chi connectivity index (χ1n) is 6.89. The zero-order valence-corrected chi connectivity index (χ0v) is 11.9. The van der Waals surface area contributed by atoms with Gasteiger partial charge in [-0.05, 0) is 26.3 Å². The first kappa shape index (κ1) is 13.6. The van der Waals surface area contributed by atoms with Crippen LogP contribution in [0.1, 0.15) is 38.9 Å². The fraction of sp³-hybridized carbons (Fsp3) is 0.786. The van der Waals surface area contributed by atoms with Crippen LogP contribution < -0.4 is 0 Å². The van der Waals surface area contributed by atoms with Gasteiger partial charge in [-0.1, -0.05) is 13.8 Å². The van der Waals surface area contributed by atoms with Crippen molar-refractivity contribution in [1.29, 1.82) is 0 Å². The molecule has 1 fully saturated rings. The van der Waals surface area contributed by atoms with Gasteiger partial charge in [-0.25, -0.2) is 4.98 Å². The Kier molecular flexibility index (Phi) is 4.07. The van der Waals surface area contributed by atoms with E-state index in [4.69, 9.17) is 4.74 Å². The van der Waals surface area contributed by atoms with E-state index in [0.717, 1.165) is 18.8 Å². The predicted octanol–water partition coefficient (Wildman–Crippen LogP) is 2.44. The monoisotopic (exact) mass is 251 g/mol. The second-order valence-corrected chi connectivity index (χ2v) is 5.37.